The molecule has 0 heterocycles. The summed E-state index contributed by atoms with van der Waals surface area (Å²) in [6.07, 6.45) is 0.525. The Balaban J connectivity index is 4.21. The highest BCUT2D eigenvalue weighted by atomic mass is 32.1. The molecule has 0 aliphatic carbocycles. The van der Waals surface area contributed by atoms with Gasteiger partial charge in [0.1, 0.15) is 6.04 Å². The largest absolute Gasteiger partial charge is 0.480 e. The smallest absolute Gasteiger partial charge is 0.326 e. The van der Waals surface area contributed by atoms with Crippen LogP contribution in [0.3, 0.4) is 0 Å². The number of nitro groups is 1. The first-order valence-electron chi connectivity index (χ1n) is 6.11. The van der Waals surface area contributed by atoms with Crippen molar-refractivity contribution in [3.8, 4) is 0 Å². The molecule has 11 heteroatoms. The molecule has 0 saturated heterocycles. The maximum absolute atomic E-state index is 11.5. The van der Waals surface area contributed by atoms with E-state index in [0.717, 1.165) is 0 Å². The predicted octanol–water partition coefficient (Wildman–Crippen LogP) is -1.21. The van der Waals surface area contributed by atoms with Crippen LogP contribution in [0.2, 0.25) is 0 Å². The molecule has 0 aliphatic heterocycles. The summed E-state index contributed by atoms with van der Waals surface area (Å²) in [5.74, 6) is -1.54. The first kappa shape index (κ1) is 19.1. The number of hydrogen-bond acceptors (Lipinski definition) is 6. The van der Waals surface area contributed by atoms with Crippen LogP contribution >= 0.6 is 12.6 Å². The van der Waals surface area contributed by atoms with E-state index in [1.165, 1.54) is 6.92 Å². The van der Waals surface area contributed by atoms with Gasteiger partial charge in [-0.3, -0.25) is 4.79 Å². The summed E-state index contributed by atoms with van der Waals surface area (Å²) in [7, 11) is 0. The molecule has 0 aliphatic rings. The normalized spacial score (nSPS) is 14.1. The maximum atomic E-state index is 11.5. The van der Waals surface area contributed by atoms with Crippen LogP contribution in [-0.4, -0.2) is 52.2 Å². The Bertz CT molecular complexity index is 417. The van der Waals surface area contributed by atoms with Gasteiger partial charge in [-0.2, -0.15) is 12.6 Å². The number of carbonyl (C=O) groups excluding carboxylic acids is 1. The van der Waals surface area contributed by atoms with E-state index in [1.807, 2.05) is 0 Å². The maximum Gasteiger partial charge on any atom is 0.326 e. The van der Waals surface area contributed by atoms with Crippen molar-refractivity contribution in [2.75, 3.05) is 12.3 Å². The van der Waals surface area contributed by atoms with Gasteiger partial charge in [0.25, 0.3) is 0 Å². The van der Waals surface area contributed by atoms with Crippen LogP contribution in [0.25, 0.3) is 0 Å². The summed E-state index contributed by atoms with van der Waals surface area (Å²) in [5, 5.41) is 26.3. The first-order chi connectivity index (χ1) is 9.77. The summed E-state index contributed by atoms with van der Waals surface area (Å²) in [4.78, 5) is 32.6. The van der Waals surface area contributed by atoms with Crippen molar-refractivity contribution in [1.29, 1.82) is 0 Å². The van der Waals surface area contributed by atoms with Gasteiger partial charge in [-0.15, -0.1) is 0 Å². The van der Waals surface area contributed by atoms with Crippen LogP contribution < -0.4 is 16.4 Å². The monoisotopic (exact) mass is 321 g/mol. The molecule has 2 atom stereocenters. The average molecular weight is 321 g/mol. The van der Waals surface area contributed by atoms with Gasteiger partial charge in [0.15, 0.2) is 10.9 Å². The lowest BCUT2D eigenvalue weighted by Crippen LogP contribution is -2.49. The second kappa shape index (κ2) is 9.94. The van der Waals surface area contributed by atoms with Gasteiger partial charge in [0.2, 0.25) is 5.91 Å². The number of nitrogens with one attached hydrogen (secondary N) is 2. The van der Waals surface area contributed by atoms with E-state index in [0.29, 0.717) is 13.0 Å². The van der Waals surface area contributed by atoms with E-state index in [1.54, 1.807) is 0 Å². The van der Waals surface area contributed by atoms with Crippen LogP contribution in [-0.2, 0) is 9.59 Å². The zero-order valence-corrected chi connectivity index (χ0v) is 12.4. The Labute approximate surface area is 126 Å². The molecule has 0 aromatic carbocycles. The van der Waals surface area contributed by atoms with Crippen molar-refractivity contribution in [3.63, 3.8) is 0 Å². The molecule has 0 aromatic heterocycles. The second-order valence-electron chi connectivity index (χ2n) is 4.18. The van der Waals surface area contributed by atoms with E-state index in [-0.39, 0.29) is 18.0 Å². The summed E-state index contributed by atoms with van der Waals surface area (Å²) in [5.41, 5.74) is 5.43. The average Bonchev–Trinajstić information content (AvgIpc) is 2.39. The fraction of sp³-hybridized carbons (Fsp3) is 0.700. The van der Waals surface area contributed by atoms with Crippen molar-refractivity contribution in [1.82, 2.24) is 10.6 Å². The number of carboxylic acid groups (broad SMARTS) is 1. The molecule has 21 heavy (non-hydrogen) atoms. The van der Waals surface area contributed by atoms with Gasteiger partial charge in [-0.25, -0.2) is 14.9 Å². The van der Waals surface area contributed by atoms with Gasteiger partial charge in [0, 0.05) is 12.3 Å². The van der Waals surface area contributed by atoms with E-state index in [2.05, 4.69) is 28.4 Å². The molecular formula is C10H19N5O5S. The Morgan fingerprint density at radius 3 is 2.62 bits per heavy atom. The number of aliphatic carboxylic acids is 1. The number of carbonyl (C=O) groups is 2. The highest BCUT2D eigenvalue weighted by molar-refractivity contribution is 7.80. The third kappa shape index (κ3) is 8.81. The summed E-state index contributed by atoms with van der Waals surface area (Å²) >= 11 is 3.85. The van der Waals surface area contributed by atoms with Crippen LogP contribution in [0.5, 0.6) is 0 Å². The Hall–Kier alpha value is -1.88. The van der Waals surface area contributed by atoms with Crippen LogP contribution in [0.1, 0.15) is 19.8 Å². The van der Waals surface area contributed by atoms with Gasteiger partial charge in [-0.1, -0.05) is 0 Å². The van der Waals surface area contributed by atoms with E-state index >= 15 is 0 Å². The van der Waals surface area contributed by atoms with Gasteiger partial charge < -0.3 is 21.5 Å². The lowest BCUT2D eigenvalue weighted by atomic mass is 10.1. The van der Waals surface area contributed by atoms with Gasteiger partial charge in [0.05, 0.1) is 11.1 Å². The van der Waals surface area contributed by atoms with Crippen LogP contribution in [0.15, 0.2) is 5.10 Å². The van der Waals surface area contributed by atoms with E-state index < -0.39 is 29.0 Å². The van der Waals surface area contributed by atoms with Crippen molar-refractivity contribution >= 4 is 30.3 Å². The lowest BCUT2D eigenvalue weighted by molar-refractivity contribution is -0.485. The Kier molecular flexibility index (Phi) is 9.05. The minimum Gasteiger partial charge on any atom is -0.480 e. The third-order valence-corrected chi connectivity index (χ3v) is 2.82. The van der Waals surface area contributed by atoms with E-state index in [9.17, 15) is 19.7 Å². The SMILES string of the molecule is C/C(=N\[N+](=O)[O-])NCCCC(NC(=O)C(N)CS)C(=O)O. The third-order valence-electron chi connectivity index (χ3n) is 2.43. The molecule has 2 unspecified atom stereocenters. The number of thiol groups is 1. The van der Waals surface area contributed by atoms with Crippen LogP contribution in [0, 0.1) is 10.1 Å². The number of carboxylic acids is 1. The number of hydrogen-bond donors (Lipinski definition) is 5. The fourth-order valence-corrected chi connectivity index (χ4v) is 1.52. The fourth-order valence-electron chi connectivity index (χ4n) is 1.35. The standard InChI is InChI=1S/C10H19N5O5S/c1-6(14-15(19)20)12-4-2-3-8(10(17)18)13-9(16)7(11)5-21/h7-8,21H,2-5,11H2,1H3,(H,12,14)(H,13,16)(H,17,18). The summed E-state index contributed by atoms with van der Waals surface area (Å²) < 4.78 is 0. The zero-order valence-electron chi connectivity index (χ0n) is 11.5. The molecule has 0 spiro atoms. The number of amidine groups is 1. The predicted molar refractivity (Wildman–Crippen MR) is 78.7 cm³/mol. The number of rotatable bonds is 9. The van der Waals surface area contributed by atoms with Crippen molar-refractivity contribution in [2.24, 2.45) is 10.8 Å². The number of nitrogens with zero attached hydrogens (tertiary/aromatic N) is 2. The van der Waals surface area contributed by atoms with E-state index in [4.69, 9.17) is 10.8 Å². The van der Waals surface area contributed by atoms with Crippen molar-refractivity contribution in [2.45, 2.75) is 31.8 Å². The molecule has 10 nitrogen and oxygen atoms in total. The Morgan fingerprint density at radius 1 is 1.52 bits per heavy atom. The van der Waals surface area contributed by atoms with Gasteiger partial charge in [-0.05, 0) is 19.8 Å². The lowest BCUT2D eigenvalue weighted by Gasteiger charge is -2.16. The molecule has 0 rings (SSSR count). The highest BCUT2D eigenvalue weighted by Gasteiger charge is 2.22. The van der Waals surface area contributed by atoms with Gasteiger partial charge >= 0.3 is 5.97 Å². The summed E-state index contributed by atoms with van der Waals surface area (Å²) in [6.45, 7) is 1.71. The zero-order chi connectivity index (χ0) is 16.4. The quantitative estimate of drug-likeness (QED) is 0.0889. The van der Waals surface area contributed by atoms with Crippen molar-refractivity contribution in [3.05, 3.63) is 10.1 Å². The molecule has 0 bridgehead atoms. The highest BCUT2D eigenvalue weighted by Crippen LogP contribution is 1.98. The topological polar surface area (TPSA) is 160 Å². The number of hydrazone groups is 1. The number of amides is 1. The molecule has 0 fully saturated rings. The molecule has 0 saturated carbocycles. The minimum atomic E-state index is -1.18. The molecule has 0 radical (unpaired) electrons. The minimum absolute atomic E-state index is 0.107. The molecular weight excluding hydrogens is 302 g/mol. The Morgan fingerprint density at radius 2 is 2.14 bits per heavy atom. The molecule has 5 N–H and O–H groups in total. The van der Waals surface area contributed by atoms with Crippen molar-refractivity contribution < 1.29 is 19.7 Å². The molecule has 1 amide bonds. The molecule has 0 aromatic rings. The summed E-state index contributed by atoms with van der Waals surface area (Å²) in [6, 6.07) is -1.94. The molecule has 120 valence electrons. The first-order valence-corrected chi connectivity index (χ1v) is 6.74. The van der Waals surface area contributed by atoms with Crippen LogP contribution in [0.4, 0.5) is 0 Å². The second-order valence-corrected chi connectivity index (χ2v) is 4.55. The number of nitrogens with two attached hydrogens (primary N) is 1.